The number of halogens is 2. The van der Waals surface area contributed by atoms with Crippen LogP contribution in [0.25, 0.3) is 0 Å². The number of hydrogen-bond donors (Lipinski definition) is 1. The predicted molar refractivity (Wildman–Crippen MR) is 117 cm³/mol. The quantitative estimate of drug-likeness (QED) is 0.706. The van der Waals surface area contributed by atoms with Gasteiger partial charge in [0.05, 0.1) is 19.6 Å². The third-order valence-electron chi connectivity index (χ3n) is 5.44. The van der Waals surface area contributed by atoms with Gasteiger partial charge in [-0.2, -0.15) is 0 Å². The molecule has 8 heteroatoms. The van der Waals surface area contributed by atoms with E-state index in [0.29, 0.717) is 49.1 Å². The topological polar surface area (TPSA) is 61.9 Å². The molecule has 3 rings (SSSR count). The van der Waals surface area contributed by atoms with Crippen molar-refractivity contribution < 1.29 is 18.7 Å². The third kappa shape index (κ3) is 6.18. The van der Waals surface area contributed by atoms with E-state index in [9.17, 15) is 14.0 Å². The summed E-state index contributed by atoms with van der Waals surface area (Å²) in [6, 6.07) is 11.6. The molecular formula is C23H27ClFN3O3. The van der Waals surface area contributed by atoms with E-state index in [-0.39, 0.29) is 24.1 Å². The average Bonchev–Trinajstić information content (AvgIpc) is 2.76. The summed E-state index contributed by atoms with van der Waals surface area (Å²) in [6.45, 7) is 4.19. The molecule has 1 saturated heterocycles. The molecule has 0 aliphatic carbocycles. The van der Waals surface area contributed by atoms with E-state index in [0.717, 1.165) is 5.56 Å². The van der Waals surface area contributed by atoms with Gasteiger partial charge < -0.3 is 15.0 Å². The van der Waals surface area contributed by atoms with Crippen molar-refractivity contribution in [1.29, 1.82) is 0 Å². The van der Waals surface area contributed by atoms with Crippen LogP contribution < -0.4 is 10.1 Å². The zero-order valence-corrected chi connectivity index (χ0v) is 18.5. The van der Waals surface area contributed by atoms with Crippen LogP contribution in [0.5, 0.6) is 5.75 Å². The van der Waals surface area contributed by atoms with Gasteiger partial charge >= 0.3 is 0 Å². The summed E-state index contributed by atoms with van der Waals surface area (Å²) in [5.41, 5.74) is 1.33. The van der Waals surface area contributed by atoms with Crippen LogP contribution in [0.2, 0.25) is 5.02 Å². The van der Waals surface area contributed by atoms with Crippen molar-refractivity contribution in [3.63, 3.8) is 0 Å². The molecule has 0 bridgehead atoms. The molecule has 166 valence electrons. The summed E-state index contributed by atoms with van der Waals surface area (Å²) in [5.74, 6) is 0.171. The lowest BCUT2D eigenvalue weighted by atomic mass is 10.0. The van der Waals surface area contributed by atoms with Gasteiger partial charge in [-0.3, -0.25) is 14.5 Å². The largest absolute Gasteiger partial charge is 0.497 e. The van der Waals surface area contributed by atoms with Crippen molar-refractivity contribution in [2.45, 2.75) is 25.9 Å². The first-order chi connectivity index (χ1) is 14.9. The van der Waals surface area contributed by atoms with Gasteiger partial charge in [0.2, 0.25) is 11.8 Å². The molecule has 31 heavy (non-hydrogen) atoms. The Morgan fingerprint density at radius 3 is 2.39 bits per heavy atom. The van der Waals surface area contributed by atoms with Crippen molar-refractivity contribution >= 4 is 23.4 Å². The molecule has 1 atom stereocenters. The monoisotopic (exact) mass is 447 g/mol. The molecule has 6 nitrogen and oxygen atoms in total. The van der Waals surface area contributed by atoms with Gasteiger partial charge in [0, 0.05) is 50.2 Å². The van der Waals surface area contributed by atoms with Crippen molar-refractivity contribution in [3.8, 4) is 5.75 Å². The highest BCUT2D eigenvalue weighted by atomic mass is 35.5. The molecule has 0 saturated carbocycles. The maximum Gasteiger partial charge on any atom is 0.225 e. The number of methoxy groups -OCH3 is 1. The zero-order valence-electron chi connectivity index (χ0n) is 17.7. The number of nitrogens with one attached hydrogen (secondary N) is 1. The van der Waals surface area contributed by atoms with Gasteiger partial charge in [0.1, 0.15) is 11.6 Å². The SMILES string of the molecule is COc1ccc(C(CC(=O)N2CCN(Cc3c(F)cccc3Cl)CC2)NC(C)=O)cc1. The van der Waals surface area contributed by atoms with Gasteiger partial charge in [0.15, 0.2) is 0 Å². The van der Waals surface area contributed by atoms with E-state index in [1.807, 2.05) is 12.1 Å². The number of carbonyl (C=O) groups excluding carboxylic acids is 2. The molecule has 1 heterocycles. The second-order valence-electron chi connectivity index (χ2n) is 7.59. The van der Waals surface area contributed by atoms with Gasteiger partial charge in [0.25, 0.3) is 0 Å². The van der Waals surface area contributed by atoms with Crippen molar-refractivity contribution in [2.24, 2.45) is 0 Å². The highest BCUT2D eigenvalue weighted by Gasteiger charge is 2.25. The second-order valence-corrected chi connectivity index (χ2v) is 7.99. The molecule has 1 fully saturated rings. The second kappa shape index (κ2) is 10.6. The predicted octanol–water partition coefficient (Wildman–Crippen LogP) is 3.40. The van der Waals surface area contributed by atoms with Crippen LogP contribution in [0.1, 0.15) is 30.5 Å². The van der Waals surface area contributed by atoms with Gasteiger partial charge in [-0.15, -0.1) is 0 Å². The lowest BCUT2D eigenvalue weighted by molar-refractivity contribution is -0.133. The first kappa shape index (κ1) is 23.0. The molecule has 2 aromatic rings. The van der Waals surface area contributed by atoms with Gasteiger partial charge in [-0.1, -0.05) is 29.8 Å². The lowest BCUT2D eigenvalue weighted by Crippen LogP contribution is -2.49. The molecule has 2 aromatic carbocycles. The molecule has 0 spiro atoms. The smallest absolute Gasteiger partial charge is 0.225 e. The summed E-state index contributed by atoms with van der Waals surface area (Å²) in [7, 11) is 1.59. The third-order valence-corrected chi connectivity index (χ3v) is 5.80. The molecule has 1 N–H and O–H groups in total. The lowest BCUT2D eigenvalue weighted by Gasteiger charge is -2.35. The number of rotatable bonds is 7. The van der Waals surface area contributed by atoms with Gasteiger partial charge in [-0.25, -0.2) is 4.39 Å². The Hall–Kier alpha value is -2.64. The fraction of sp³-hybridized carbons (Fsp3) is 0.391. The van der Waals surface area contributed by atoms with Crippen molar-refractivity contribution in [3.05, 3.63) is 64.4 Å². The van der Waals surface area contributed by atoms with Gasteiger partial charge in [-0.05, 0) is 29.8 Å². The first-order valence-electron chi connectivity index (χ1n) is 10.2. The number of carbonyl (C=O) groups is 2. The molecular weight excluding hydrogens is 421 g/mol. The normalized spacial score (nSPS) is 15.4. The molecule has 0 aromatic heterocycles. The molecule has 1 aliphatic rings. The van der Waals surface area contributed by atoms with Crippen LogP contribution in [0, 0.1) is 5.82 Å². The fourth-order valence-electron chi connectivity index (χ4n) is 3.70. The molecule has 0 radical (unpaired) electrons. The van der Waals surface area contributed by atoms with Crippen LogP contribution in [0.4, 0.5) is 4.39 Å². The van der Waals surface area contributed by atoms with Crippen LogP contribution in [-0.2, 0) is 16.1 Å². The average molecular weight is 448 g/mol. The summed E-state index contributed by atoms with van der Waals surface area (Å²) >= 11 is 6.13. The van der Waals surface area contributed by atoms with Crippen molar-refractivity contribution in [2.75, 3.05) is 33.3 Å². The molecule has 1 unspecified atom stereocenters. The summed E-state index contributed by atoms with van der Waals surface area (Å²) in [6.07, 6.45) is 0.172. The fourth-order valence-corrected chi connectivity index (χ4v) is 3.92. The van der Waals surface area contributed by atoms with Crippen LogP contribution in [0.3, 0.4) is 0 Å². The number of nitrogens with zero attached hydrogens (tertiary/aromatic N) is 2. The Bertz CT molecular complexity index is 895. The summed E-state index contributed by atoms with van der Waals surface area (Å²) in [5, 5.41) is 3.28. The molecule has 2 amide bonds. The van der Waals surface area contributed by atoms with Crippen molar-refractivity contribution in [1.82, 2.24) is 15.1 Å². The van der Waals surface area contributed by atoms with E-state index in [1.165, 1.54) is 13.0 Å². The minimum absolute atomic E-state index is 0.0295. The Morgan fingerprint density at radius 2 is 1.81 bits per heavy atom. The Morgan fingerprint density at radius 1 is 1.13 bits per heavy atom. The summed E-state index contributed by atoms with van der Waals surface area (Å²) in [4.78, 5) is 28.5. The molecule has 1 aliphatic heterocycles. The minimum Gasteiger partial charge on any atom is -0.497 e. The zero-order chi connectivity index (χ0) is 22.4. The standard InChI is InChI=1S/C23H27ClFN3O3/c1-16(29)26-22(17-6-8-18(31-2)9-7-17)14-23(30)28-12-10-27(11-13-28)15-19-20(24)4-3-5-21(19)25/h3-9,22H,10-15H2,1-2H3,(H,26,29). The maximum absolute atomic E-state index is 14.0. The Labute approximate surface area is 186 Å². The van der Waals surface area contributed by atoms with Crippen LogP contribution >= 0.6 is 11.6 Å². The Balaban J connectivity index is 1.58. The van der Waals surface area contributed by atoms with E-state index in [4.69, 9.17) is 16.3 Å². The number of piperazine rings is 1. The van der Waals surface area contributed by atoms with E-state index in [2.05, 4.69) is 10.2 Å². The number of amides is 2. The highest BCUT2D eigenvalue weighted by molar-refractivity contribution is 6.31. The van der Waals surface area contributed by atoms with E-state index < -0.39 is 6.04 Å². The summed E-state index contributed by atoms with van der Waals surface area (Å²) < 4.78 is 19.2. The number of hydrogen-bond acceptors (Lipinski definition) is 4. The highest BCUT2D eigenvalue weighted by Crippen LogP contribution is 2.23. The van der Waals surface area contributed by atoms with Crippen LogP contribution in [-0.4, -0.2) is 54.9 Å². The van der Waals surface area contributed by atoms with E-state index >= 15 is 0 Å². The maximum atomic E-state index is 14.0. The first-order valence-corrected chi connectivity index (χ1v) is 10.6. The van der Waals surface area contributed by atoms with E-state index in [1.54, 1.807) is 36.3 Å². The number of benzene rings is 2. The minimum atomic E-state index is -0.411. The van der Waals surface area contributed by atoms with Crippen LogP contribution in [0.15, 0.2) is 42.5 Å². The Kier molecular flexibility index (Phi) is 7.87. The number of ether oxygens (including phenoxy) is 1.